The van der Waals surface area contributed by atoms with Gasteiger partial charge in [-0.15, -0.1) is 0 Å². The van der Waals surface area contributed by atoms with Gasteiger partial charge in [0.2, 0.25) is 0 Å². The zero-order valence-electron chi connectivity index (χ0n) is 13.9. The lowest BCUT2D eigenvalue weighted by atomic mass is 9.67. The maximum Gasteiger partial charge on any atom is 0.123 e. The standard InChI is InChI=1S/C18H30N2O/c1-14-8-7-11-18(13-19,15(14)2)20(3)12-16-9-5-6-10-17(16)21-4/h5-6,9-10,14-15H,7-8,11-13,19H2,1-4H3. The van der Waals surface area contributed by atoms with Crippen LogP contribution >= 0.6 is 0 Å². The molecule has 0 bridgehead atoms. The largest absolute Gasteiger partial charge is 0.496 e. The van der Waals surface area contributed by atoms with Gasteiger partial charge in [-0.25, -0.2) is 0 Å². The summed E-state index contributed by atoms with van der Waals surface area (Å²) in [5.74, 6) is 2.33. The minimum atomic E-state index is 0.110. The number of para-hydroxylation sites is 1. The molecule has 0 amide bonds. The second-order valence-electron chi connectivity index (χ2n) is 6.63. The second kappa shape index (κ2) is 6.80. The first-order valence-electron chi connectivity index (χ1n) is 8.08. The number of methoxy groups -OCH3 is 1. The van der Waals surface area contributed by atoms with Gasteiger partial charge in [0.05, 0.1) is 7.11 Å². The minimum absolute atomic E-state index is 0.110. The average molecular weight is 290 g/mol. The number of rotatable bonds is 5. The topological polar surface area (TPSA) is 38.5 Å². The summed E-state index contributed by atoms with van der Waals surface area (Å²) >= 11 is 0. The Morgan fingerprint density at radius 1 is 1.33 bits per heavy atom. The predicted molar refractivity (Wildman–Crippen MR) is 88.4 cm³/mol. The van der Waals surface area contributed by atoms with Crippen molar-refractivity contribution in [1.82, 2.24) is 4.90 Å². The number of nitrogens with zero attached hydrogens (tertiary/aromatic N) is 1. The molecular formula is C18H30N2O. The first-order valence-corrected chi connectivity index (χ1v) is 8.08. The molecule has 0 spiro atoms. The summed E-state index contributed by atoms with van der Waals surface area (Å²) in [6.45, 7) is 6.35. The van der Waals surface area contributed by atoms with E-state index >= 15 is 0 Å². The molecule has 1 aromatic rings. The lowest BCUT2D eigenvalue weighted by Crippen LogP contribution is -2.59. The highest BCUT2D eigenvalue weighted by molar-refractivity contribution is 5.33. The summed E-state index contributed by atoms with van der Waals surface area (Å²) in [4.78, 5) is 2.46. The fraction of sp³-hybridized carbons (Fsp3) is 0.667. The molecule has 0 aliphatic heterocycles. The molecule has 118 valence electrons. The first kappa shape index (κ1) is 16.3. The lowest BCUT2D eigenvalue weighted by molar-refractivity contribution is 0.00103. The van der Waals surface area contributed by atoms with E-state index < -0.39 is 0 Å². The van der Waals surface area contributed by atoms with E-state index in [-0.39, 0.29) is 5.54 Å². The summed E-state index contributed by atoms with van der Waals surface area (Å²) in [7, 11) is 3.96. The maximum atomic E-state index is 6.24. The van der Waals surface area contributed by atoms with Crippen LogP contribution in [-0.4, -0.2) is 31.1 Å². The van der Waals surface area contributed by atoms with Crippen molar-refractivity contribution < 1.29 is 4.74 Å². The molecule has 1 aliphatic rings. The van der Waals surface area contributed by atoms with Gasteiger partial charge in [-0.05, 0) is 31.4 Å². The van der Waals surface area contributed by atoms with E-state index in [1.165, 1.54) is 24.8 Å². The van der Waals surface area contributed by atoms with Crippen LogP contribution in [0.5, 0.6) is 5.75 Å². The molecule has 2 N–H and O–H groups in total. The fourth-order valence-corrected chi connectivity index (χ4v) is 3.97. The van der Waals surface area contributed by atoms with Gasteiger partial charge in [0.25, 0.3) is 0 Å². The highest BCUT2D eigenvalue weighted by atomic mass is 16.5. The Kier molecular flexibility index (Phi) is 5.28. The van der Waals surface area contributed by atoms with Gasteiger partial charge in [0.15, 0.2) is 0 Å². The Morgan fingerprint density at radius 2 is 2.05 bits per heavy atom. The molecule has 1 saturated carbocycles. The molecule has 1 fully saturated rings. The normalized spacial score (nSPS) is 29.6. The maximum absolute atomic E-state index is 6.24. The highest BCUT2D eigenvalue weighted by Crippen LogP contribution is 2.41. The van der Waals surface area contributed by atoms with Crippen LogP contribution in [0, 0.1) is 11.8 Å². The molecule has 3 atom stereocenters. The average Bonchev–Trinajstić information content (AvgIpc) is 2.50. The molecule has 1 aliphatic carbocycles. The summed E-state index contributed by atoms with van der Waals surface area (Å²) in [6.07, 6.45) is 3.80. The van der Waals surface area contributed by atoms with Crippen molar-refractivity contribution >= 4 is 0 Å². The zero-order chi connectivity index (χ0) is 15.5. The van der Waals surface area contributed by atoms with E-state index in [2.05, 4.69) is 37.9 Å². The van der Waals surface area contributed by atoms with Crippen molar-refractivity contribution in [1.29, 1.82) is 0 Å². The number of ether oxygens (including phenoxy) is 1. The van der Waals surface area contributed by atoms with Crippen molar-refractivity contribution in [2.75, 3.05) is 20.7 Å². The Bertz CT molecular complexity index is 462. The monoisotopic (exact) mass is 290 g/mol. The number of hydrogen-bond donors (Lipinski definition) is 1. The van der Waals surface area contributed by atoms with Crippen LogP contribution in [0.4, 0.5) is 0 Å². The third-order valence-electron chi connectivity index (χ3n) is 5.68. The number of hydrogen-bond acceptors (Lipinski definition) is 3. The molecule has 3 unspecified atom stereocenters. The minimum Gasteiger partial charge on any atom is -0.496 e. The van der Waals surface area contributed by atoms with Crippen LogP contribution in [0.2, 0.25) is 0 Å². The third-order valence-corrected chi connectivity index (χ3v) is 5.68. The quantitative estimate of drug-likeness (QED) is 0.904. The summed E-state index contributed by atoms with van der Waals surface area (Å²) < 4.78 is 5.49. The third kappa shape index (κ3) is 3.09. The van der Waals surface area contributed by atoms with Crippen molar-refractivity contribution in [2.45, 2.75) is 45.2 Å². The smallest absolute Gasteiger partial charge is 0.123 e. The molecular weight excluding hydrogens is 260 g/mol. The molecule has 0 saturated heterocycles. The van der Waals surface area contributed by atoms with Gasteiger partial charge in [0, 0.05) is 24.2 Å². The Hall–Kier alpha value is -1.06. The van der Waals surface area contributed by atoms with Crippen LogP contribution in [0.15, 0.2) is 24.3 Å². The van der Waals surface area contributed by atoms with Gasteiger partial charge >= 0.3 is 0 Å². The number of benzene rings is 1. The van der Waals surface area contributed by atoms with Crippen LogP contribution in [0.3, 0.4) is 0 Å². The molecule has 21 heavy (non-hydrogen) atoms. The van der Waals surface area contributed by atoms with Gasteiger partial charge in [-0.2, -0.15) is 0 Å². The van der Waals surface area contributed by atoms with Crippen molar-refractivity contribution in [3.8, 4) is 5.75 Å². The van der Waals surface area contributed by atoms with Gasteiger partial charge < -0.3 is 10.5 Å². The zero-order valence-corrected chi connectivity index (χ0v) is 13.9. The summed E-state index contributed by atoms with van der Waals surface area (Å²) in [5, 5.41) is 0. The van der Waals surface area contributed by atoms with Crippen molar-refractivity contribution in [3.05, 3.63) is 29.8 Å². The highest BCUT2D eigenvalue weighted by Gasteiger charge is 2.43. The van der Waals surface area contributed by atoms with E-state index in [0.29, 0.717) is 5.92 Å². The fourth-order valence-electron chi connectivity index (χ4n) is 3.97. The van der Waals surface area contributed by atoms with Crippen LogP contribution in [0.1, 0.15) is 38.7 Å². The predicted octanol–water partition coefficient (Wildman–Crippen LogP) is 3.28. The molecule has 0 radical (unpaired) electrons. The Morgan fingerprint density at radius 3 is 2.71 bits per heavy atom. The Balaban J connectivity index is 2.22. The second-order valence-corrected chi connectivity index (χ2v) is 6.63. The van der Waals surface area contributed by atoms with Gasteiger partial charge in [0.1, 0.15) is 5.75 Å². The molecule has 0 heterocycles. The number of nitrogens with two attached hydrogens (primary N) is 1. The van der Waals surface area contributed by atoms with Gasteiger partial charge in [-0.1, -0.05) is 44.9 Å². The van der Waals surface area contributed by atoms with E-state index in [9.17, 15) is 0 Å². The van der Waals surface area contributed by atoms with E-state index in [1.54, 1.807) is 7.11 Å². The van der Waals surface area contributed by atoms with Crippen LogP contribution < -0.4 is 10.5 Å². The first-order chi connectivity index (χ1) is 10.0. The van der Waals surface area contributed by atoms with Crippen LogP contribution in [-0.2, 0) is 6.54 Å². The molecule has 3 heteroatoms. The van der Waals surface area contributed by atoms with Crippen molar-refractivity contribution in [2.24, 2.45) is 17.6 Å². The SMILES string of the molecule is COc1ccccc1CN(C)C1(CN)CCCC(C)C1C. The molecule has 2 rings (SSSR count). The molecule has 1 aromatic carbocycles. The van der Waals surface area contributed by atoms with Gasteiger partial charge in [-0.3, -0.25) is 4.90 Å². The number of likely N-dealkylation sites (N-methyl/N-ethyl adjacent to an activating group) is 1. The van der Waals surface area contributed by atoms with E-state index in [1.807, 2.05) is 12.1 Å². The Labute approximate surface area is 129 Å². The summed E-state index contributed by atoms with van der Waals surface area (Å²) in [6, 6.07) is 8.28. The molecule has 0 aromatic heterocycles. The van der Waals surface area contributed by atoms with E-state index in [4.69, 9.17) is 10.5 Å². The molecule has 3 nitrogen and oxygen atoms in total. The lowest BCUT2D eigenvalue weighted by Gasteiger charge is -2.51. The summed E-state index contributed by atoms with van der Waals surface area (Å²) in [5.41, 5.74) is 7.59. The van der Waals surface area contributed by atoms with Crippen molar-refractivity contribution in [3.63, 3.8) is 0 Å². The van der Waals surface area contributed by atoms with Crippen LogP contribution in [0.25, 0.3) is 0 Å². The van der Waals surface area contributed by atoms with E-state index in [0.717, 1.165) is 24.8 Å².